The van der Waals surface area contributed by atoms with Crippen LogP contribution in [0.5, 0.6) is 0 Å². The minimum absolute atomic E-state index is 0.00100. The number of carbonyl (C=O) groups excluding carboxylic acids is 1. The van der Waals surface area contributed by atoms with E-state index in [4.69, 9.17) is 0 Å². The molecular formula is C16H24N2OS2. The van der Waals surface area contributed by atoms with Gasteiger partial charge in [0.1, 0.15) is 6.17 Å². The molecule has 1 saturated carbocycles. The molecule has 3 rings (SSSR count). The lowest BCUT2D eigenvalue weighted by Crippen LogP contribution is -2.47. The molecule has 21 heavy (non-hydrogen) atoms. The molecule has 0 bridgehead atoms. The molecule has 116 valence electrons. The first-order chi connectivity index (χ1) is 10.2. The third-order valence-corrected chi connectivity index (χ3v) is 7.13. The summed E-state index contributed by atoms with van der Waals surface area (Å²) < 4.78 is 0.300. The fraction of sp³-hybridized carbons (Fsp3) is 0.688. The van der Waals surface area contributed by atoms with Crippen molar-refractivity contribution < 1.29 is 4.79 Å². The molecule has 1 aromatic heterocycles. The normalized spacial score (nSPS) is 27.9. The molecule has 1 aliphatic carbocycles. The monoisotopic (exact) mass is 324 g/mol. The molecule has 0 aromatic carbocycles. The minimum atomic E-state index is 0.00100. The van der Waals surface area contributed by atoms with Crippen LogP contribution in [0.25, 0.3) is 0 Å². The van der Waals surface area contributed by atoms with E-state index in [1.165, 1.54) is 24.1 Å². The number of hydrogen-bond donors (Lipinski definition) is 1. The average Bonchev–Trinajstić information content (AvgIpc) is 3.05. The Bertz CT molecular complexity index is 479. The fourth-order valence-electron chi connectivity index (χ4n) is 3.33. The number of rotatable bonds is 6. The number of thioether (sulfide) groups is 1. The van der Waals surface area contributed by atoms with E-state index in [-0.39, 0.29) is 12.2 Å². The zero-order chi connectivity index (χ0) is 14.9. The van der Waals surface area contributed by atoms with Crippen LogP contribution in [0, 0.1) is 0 Å². The lowest BCUT2D eigenvalue weighted by Gasteiger charge is -2.44. The second-order valence-corrected chi connectivity index (χ2v) is 8.39. The summed E-state index contributed by atoms with van der Waals surface area (Å²) in [6.07, 6.45) is 8.04. The van der Waals surface area contributed by atoms with Crippen molar-refractivity contribution in [2.75, 3.05) is 12.8 Å². The minimum Gasteiger partial charge on any atom is -0.319 e. The number of nitrogens with zero attached hydrogens (tertiary/aromatic N) is 1. The Morgan fingerprint density at radius 1 is 1.52 bits per heavy atom. The van der Waals surface area contributed by atoms with Crippen LogP contribution in [-0.4, -0.2) is 34.4 Å². The molecule has 1 aromatic rings. The Balaban J connectivity index is 1.81. The van der Waals surface area contributed by atoms with Crippen LogP contribution in [0.1, 0.15) is 50.1 Å². The molecule has 2 fully saturated rings. The van der Waals surface area contributed by atoms with E-state index in [0.717, 1.165) is 19.4 Å². The Hall–Kier alpha value is -0.520. The first-order valence-corrected chi connectivity index (χ1v) is 9.94. The van der Waals surface area contributed by atoms with Crippen molar-refractivity contribution in [2.24, 2.45) is 0 Å². The molecule has 0 spiro atoms. The summed E-state index contributed by atoms with van der Waals surface area (Å²) >= 11 is 3.69. The van der Waals surface area contributed by atoms with E-state index in [0.29, 0.717) is 10.7 Å². The van der Waals surface area contributed by atoms with Crippen molar-refractivity contribution >= 4 is 29.0 Å². The summed E-state index contributed by atoms with van der Waals surface area (Å²) in [6.45, 7) is 3.04. The van der Waals surface area contributed by atoms with Crippen LogP contribution in [0.3, 0.4) is 0 Å². The molecule has 5 heteroatoms. The zero-order valence-electron chi connectivity index (χ0n) is 12.8. The van der Waals surface area contributed by atoms with Crippen molar-refractivity contribution in [3.63, 3.8) is 0 Å². The van der Waals surface area contributed by atoms with Gasteiger partial charge in [-0.1, -0.05) is 25.8 Å². The van der Waals surface area contributed by atoms with Crippen molar-refractivity contribution in [3.05, 3.63) is 22.4 Å². The van der Waals surface area contributed by atoms with Gasteiger partial charge in [-0.15, -0.1) is 11.3 Å². The molecule has 1 amide bonds. The lowest BCUT2D eigenvalue weighted by atomic mass is 9.83. The molecule has 0 radical (unpaired) electrons. The van der Waals surface area contributed by atoms with Crippen LogP contribution in [0.15, 0.2) is 17.5 Å². The van der Waals surface area contributed by atoms with Gasteiger partial charge in [0.2, 0.25) is 5.91 Å². The third kappa shape index (κ3) is 2.88. The van der Waals surface area contributed by atoms with Crippen molar-refractivity contribution in [1.29, 1.82) is 0 Å². The summed E-state index contributed by atoms with van der Waals surface area (Å²) in [5, 5.41) is 5.66. The molecular weight excluding hydrogens is 300 g/mol. The largest absolute Gasteiger partial charge is 0.319 e. The maximum atomic E-state index is 12.8. The van der Waals surface area contributed by atoms with Crippen LogP contribution in [0.2, 0.25) is 0 Å². The standard InChI is InChI=1S/C16H24N2OS2/c1-3-6-12-15(19)18(11-16(20-2)8-5-9-16)14(17-12)13-7-4-10-21-13/h4,7,10,12,14,17H,3,5-6,8-9,11H2,1-2H3. The number of amides is 1. The summed E-state index contributed by atoms with van der Waals surface area (Å²) in [4.78, 5) is 16.2. The third-order valence-electron chi connectivity index (χ3n) is 4.80. The number of carbonyl (C=O) groups is 1. The first kappa shape index (κ1) is 15.4. The van der Waals surface area contributed by atoms with Crippen LogP contribution in [-0.2, 0) is 4.79 Å². The average molecular weight is 325 g/mol. The van der Waals surface area contributed by atoms with E-state index in [1.807, 2.05) is 11.8 Å². The lowest BCUT2D eigenvalue weighted by molar-refractivity contribution is -0.130. The molecule has 2 atom stereocenters. The maximum Gasteiger partial charge on any atom is 0.241 e. The number of nitrogens with one attached hydrogen (secondary N) is 1. The number of thiophene rings is 1. The van der Waals surface area contributed by atoms with Crippen molar-refractivity contribution in [2.45, 2.75) is 56.0 Å². The van der Waals surface area contributed by atoms with E-state index in [2.05, 4.69) is 40.9 Å². The van der Waals surface area contributed by atoms with Gasteiger partial charge in [0.15, 0.2) is 0 Å². The SMILES string of the molecule is CCCC1NC(c2cccs2)N(CC2(SC)CCC2)C1=O. The number of hydrogen-bond acceptors (Lipinski definition) is 4. The molecule has 2 aliphatic rings. The van der Waals surface area contributed by atoms with Crippen LogP contribution < -0.4 is 5.32 Å². The van der Waals surface area contributed by atoms with E-state index < -0.39 is 0 Å². The van der Waals surface area contributed by atoms with Gasteiger partial charge in [0.05, 0.1) is 6.04 Å². The molecule has 3 nitrogen and oxygen atoms in total. The molecule has 1 saturated heterocycles. The fourth-order valence-corrected chi connectivity index (χ4v) is 5.10. The topological polar surface area (TPSA) is 32.3 Å². The highest BCUT2D eigenvalue weighted by molar-refractivity contribution is 8.00. The Morgan fingerprint density at radius 2 is 2.33 bits per heavy atom. The van der Waals surface area contributed by atoms with Crippen LogP contribution >= 0.6 is 23.1 Å². The van der Waals surface area contributed by atoms with Gasteiger partial charge in [-0.05, 0) is 37.0 Å². The van der Waals surface area contributed by atoms with Gasteiger partial charge in [-0.3, -0.25) is 10.1 Å². The first-order valence-electron chi connectivity index (χ1n) is 7.84. The second-order valence-electron chi connectivity index (χ2n) is 6.13. The van der Waals surface area contributed by atoms with E-state index >= 15 is 0 Å². The maximum absolute atomic E-state index is 12.8. The Morgan fingerprint density at radius 3 is 2.86 bits per heavy atom. The van der Waals surface area contributed by atoms with Gasteiger partial charge in [-0.25, -0.2) is 0 Å². The van der Waals surface area contributed by atoms with Gasteiger partial charge in [0, 0.05) is 16.2 Å². The smallest absolute Gasteiger partial charge is 0.241 e. The summed E-state index contributed by atoms with van der Waals surface area (Å²) in [5.41, 5.74) is 0. The van der Waals surface area contributed by atoms with Crippen molar-refractivity contribution in [3.8, 4) is 0 Å². The quantitative estimate of drug-likeness (QED) is 0.867. The highest BCUT2D eigenvalue weighted by atomic mass is 32.2. The highest BCUT2D eigenvalue weighted by Gasteiger charge is 2.46. The Kier molecular flexibility index (Phi) is 4.62. The Labute approximate surface area is 135 Å². The molecule has 2 unspecified atom stereocenters. The highest BCUT2D eigenvalue weighted by Crippen LogP contribution is 2.45. The van der Waals surface area contributed by atoms with Gasteiger partial charge in [0.25, 0.3) is 0 Å². The predicted octanol–water partition coefficient (Wildman–Crippen LogP) is 3.63. The second kappa shape index (κ2) is 6.31. The van der Waals surface area contributed by atoms with E-state index in [9.17, 15) is 4.79 Å². The van der Waals surface area contributed by atoms with E-state index in [1.54, 1.807) is 11.3 Å². The van der Waals surface area contributed by atoms with Crippen LogP contribution in [0.4, 0.5) is 0 Å². The summed E-state index contributed by atoms with van der Waals surface area (Å²) in [5.74, 6) is 0.301. The van der Waals surface area contributed by atoms with Crippen molar-refractivity contribution in [1.82, 2.24) is 10.2 Å². The molecule has 1 N–H and O–H groups in total. The van der Waals surface area contributed by atoms with Gasteiger partial charge < -0.3 is 4.90 Å². The zero-order valence-corrected chi connectivity index (χ0v) is 14.4. The summed E-state index contributed by atoms with van der Waals surface area (Å²) in [6, 6.07) is 4.22. The molecule has 2 heterocycles. The van der Waals surface area contributed by atoms with Gasteiger partial charge in [-0.2, -0.15) is 11.8 Å². The summed E-state index contributed by atoms with van der Waals surface area (Å²) in [7, 11) is 0. The predicted molar refractivity (Wildman–Crippen MR) is 90.7 cm³/mol. The van der Waals surface area contributed by atoms with Gasteiger partial charge >= 0.3 is 0 Å². The molecule has 1 aliphatic heterocycles.